The molecule has 2 aliphatic heterocycles. The fraction of sp³-hybridized carbons (Fsp3) is 0.130. The van der Waals surface area contributed by atoms with Crippen LogP contribution >= 0.6 is 0 Å². The van der Waals surface area contributed by atoms with E-state index in [0.29, 0.717) is 17.1 Å². The summed E-state index contributed by atoms with van der Waals surface area (Å²) in [7, 11) is 0. The minimum Gasteiger partial charge on any atom is -0.454 e. The minimum atomic E-state index is -0.822. The highest BCUT2D eigenvalue weighted by atomic mass is 16.7. The molecule has 9 heteroatoms. The molecule has 0 spiro atoms. The number of anilines is 1. The number of aromatic nitrogens is 2. The van der Waals surface area contributed by atoms with E-state index in [9.17, 15) is 14.4 Å². The van der Waals surface area contributed by atoms with Crippen molar-refractivity contribution in [1.29, 1.82) is 0 Å². The van der Waals surface area contributed by atoms with Gasteiger partial charge in [0.1, 0.15) is 5.57 Å². The van der Waals surface area contributed by atoms with Gasteiger partial charge in [-0.15, -0.1) is 0 Å². The van der Waals surface area contributed by atoms with Gasteiger partial charge in [-0.25, -0.2) is 9.69 Å². The molecule has 1 N–H and O–H groups in total. The Bertz CT molecular complexity index is 1310. The summed E-state index contributed by atoms with van der Waals surface area (Å²) in [4.78, 5) is 43.3. The Labute approximate surface area is 182 Å². The summed E-state index contributed by atoms with van der Waals surface area (Å²) in [5, 5.41) is 2.24. The minimum absolute atomic E-state index is 0.0646. The Morgan fingerprint density at radius 3 is 2.62 bits per heavy atom. The first kappa shape index (κ1) is 19.6. The van der Waals surface area contributed by atoms with E-state index in [2.05, 4.69) is 10.3 Å². The third-order valence-electron chi connectivity index (χ3n) is 5.39. The molecule has 0 saturated carbocycles. The highest BCUT2D eigenvalue weighted by Gasteiger charge is 2.37. The van der Waals surface area contributed by atoms with E-state index in [1.54, 1.807) is 24.5 Å². The van der Waals surface area contributed by atoms with Crippen molar-refractivity contribution in [3.05, 3.63) is 71.3 Å². The molecule has 2 aromatic heterocycles. The van der Waals surface area contributed by atoms with E-state index < -0.39 is 17.8 Å². The van der Waals surface area contributed by atoms with Crippen LogP contribution in [0.2, 0.25) is 0 Å². The van der Waals surface area contributed by atoms with Gasteiger partial charge in [0.25, 0.3) is 11.8 Å². The van der Waals surface area contributed by atoms with Crippen LogP contribution < -0.4 is 19.7 Å². The van der Waals surface area contributed by atoms with Gasteiger partial charge < -0.3 is 14.0 Å². The van der Waals surface area contributed by atoms with E-state index in [1.165, 1.54) is 12.1 Å². The van der Waals surface area contributed by atoms with Crippen LogP contribution in [0.4, 0.5) is 10.5 Å². The Hall–Kier alpha value is -4.40. The molecule has 0 radical (unpaired) electrons. The Balaban J connectivity index is 1.54. The van der Waals surface area contributed by atoms with Crippen LogP contribution in [0.15, 0.2) is 54.4 Å². The van der Waals surface area contributed by atoms with Gasteiger partial charge in [0.05, 0.1) is 17.6 Å². The van der Waals surface area contributed by atoms with Crippen molar-refractivity contribution in [2.45, 2.75) is 13.8 Å². The topological polar surface area (TPSA) is 103 Å². The van der Waals surface area contributed by atoms with Gasteiger partial charge in [0.2, 0.25) is 6.79 Å². The average Bonchev–Trinajstić information content (AvgIpc) is 3.35. The molecule has 4 heterocycles. The molecule has 0 aliphatic carbocycles. The van der Waals surface area contributed by atoms with E-state index in [-0.39, 0.29) is 18.1 Å². The number of fused-ring (bicyclic) bond motifs is 1. The lowest BCUT2D eigenvalue weighted by Crippen LogP contribution is -2.54. The third kappa shape index (κ3) is 3.11. The fourth-order valence-electron chi connectivity index (χ4n) is 3.89. The number of rotatable bonds is 3. The lowest BCUT2D eigenvalue weighted by Gasteiger charge is -2.26. The van der Waals surface area contributed by atoms with Gasteiger partial charge in [-0.05, 0) is 55.8 Å². The second-order valence-corrected chi connectivity index (χ2v) is 7.37. The monoisotopic (exact) mass is 430 g/mol. The maximum absolute atomic E-state index is 13.2. The van der Waals surface area contributed by atoms with E-state index >= 15 is 0 Å². The summed E-state index contributed by atoms with van der Waals surface area (Å²) in [6.07, 6.45) is 4.92. The van der Waals surface area contributed by atoms with Gasteiger partial charge in [0.15, 0.2) is 11.5 Å². The standard InChI is InChI=1S/C23H18N4O5/c1-13-8-15(14(2)26(13)17-4-3-7-24-11-17)9-18-21(28)25-23(30)27(22(18)29)16-5-6-19-20(10-16)32-12-31-19/h3-11H,12H2,1-2H3,(H,25,28,30)/b18-9+. The van der Waals surface area contributed by atoms with Crippen LogP contribution in [0.25, 0.3) is 11.8 Å². The summed E-state index contributed by atoms with van der Waals surface area (Å²) in [5.41, 5.74) is 3.42. The van der Waals surface area contributed by atoms with Gasteiger partial charge >= 0.3 is 6.03 Å². The smallest absolute Gasteiger partial charge is 0.335 e. The summed E-state index contributed by atoms with van der Waals surface area (Å²) < 4.78 is 12.6. The van der Waals surface area contributed by atoms with Crippen LogP contribution in [0.3, 0.4) is 0 Å². The highest BCUT2D eigenvalue weighted by Crippen LogP contribution is 2.36. The molecule has 32 heavy (non-hydrogen) atoms. The van der Waals surface area contributed by atoms with Gasteiger partial charge in [-0.3, -0.25) is 19.9 Å². The zero-order valence-electron chi connectivity index (χ0n) is 17.3. The number of nitrogens with zero attached hydrogens (tertiary/aromatic N) is 3. The van der Waals surface area contributed by atoms with E-state index in [4.69, 9.17) is 9.47 Å². The zero-order valence-corrected chi connectivity index (χ0v) is 17.3. The van der Waals surface area contributed by atoms with Crippen LogP contribution in [0, 0.1) is 13.8 Å². The molecule has 4 amide bonds. The first-order valence-electron chi connectivity index (χ1n) is 9.84. The largest absolute Gasteiger partial charge is 0.454 e. The van der Waals surface area contributed by atoms with Crippen LogP contribution in [0.1, 0.15) is 17.0 Å². The number of hydrogen-bond acceptors (Lipinski definition) is 6. The number of carbonyl (C=O) groups excluding carboxylic acids is 3. The highest BCUT2D eigenvalue weighted by molar-refractivity contribution is 6.39. The summed E-state index contributed by atoms with van der Waals surface area (Å²) >= 11 is 0. The molecule has 160 valence electrons. The second kappa shape index (κ2) is 7.38. The number of hydrogen-bond donors (Lipinski definition) is 1. The van der Waals surface area contributed by atoms with Crippen LogP contribution in [0.5, 0.6) is 11.5 Å². The Kier molecular flexibility index (Phi) is 4.51. The Morgan fingerprint density at radius 1 is 1.03 bits per heavy atom. The van der Waals surface area contributed by atoms with Crippen molar-refractivity contribution in [2.75, 3.05) is 11.7 Å². The SMILES string of the molecule is Cc1cc(/C=C2\C(=O)NC(=O)N(c3ccc4c(c3)OCO4)C2=O)c(C)n1-c1cccnc1. The lowest BCUT2D eigenvalue weighted by molar-refractivity contribution is -0.122. The van der Waals surface area contributed by atoms with E-state index in [1.807, 2.05) is 36.6 Å². The number of pyridine rings is 1. The number of urea groups is 1. The third-order valence-corrected chi connectivity index (χ3v) is 5.39. The summed E-state index contributed by atoms with van der Waals surface area (Å²) in [6, 6.07) is 9.50. The van der Waals surface area contributed by atoms with Crippen molar-refractivity contribution in [3.63, 3.8) is 0 Å². The molecule has 0 bridgehead atoms. The molecule has 1 saturated heterocycles. The molecule has 1 fully saturated rings. The first-order chi connectivity index (χ1) is 15.4. The second-order valence-electron chi connectivity index (χ2n) is 7.37. The number of ether oxygens (including phenoxy) is 2. The van der Waals surface area contributed by atoms with Crippen molar-refractivity contribution < 1.29 is 23.9 Å². The molecule has 1 aromatic carbocycles. The predicted molar refractivity (Wildman–Crippen MR) is 115 cm³/mol. The van der Waals surface area contributed by atoms with Gasteiger partial charge in [-0.1, -0.05) is 0 Å². The predicted octanol–water partition coefficient (Wildman–Crippen LogP) is 2.88. The first-order valence-corrected chi connectivity index (χ1v) is 9.84. The van der Waals surface area contributed by atoms with E-state index in [0.717, 1.165) is 22.0 Å². The van der Waals surface area contributed by atoms with Gasteiger partial charge in [-0.2, -0.15) is 0 Å². The maximum Gasteiger partial charge on any atom is 0.335 e. The molecule has 0 unspecified atom stereocenters. The number of carbonyl (C=O) groups is 3. The number of benzene rings is 1. The zero-order chi connectivity index (χ0) is 22.4. The molecule has 0 atom stereocenters. The van der Waals surface area contributed by atoms with Crippen LogP contribution in [-0.2, 0) is 9.59 Å². The van der Waals surface area contributed by atoms with Crippen molar-refractivity contribution in [2.24, 2.45) is 0 Å². The normalized spacial score (nSPS) is 16.6. The molecule has 9 nitrogen and oxygen atoms in total. The number of amides is 4. The van der Waals surface area contributed by atoms with Crippen LogP contribution in [-0.4, -0.2) is 34.2 Å². The average molecular weight is 430 g/mol. The molecular formula is C23H18N4O5. The lowest BCUT2D eigenvalue weighted by atomic mass is 10.1. The number of aryl methyl sites for hydroxylation is 1. The number of imide groups is 2. The quantitative estimate of drug-likeness (QED) is 0.506. The molecule has 2 aliphatic rings. The Morgan fingerprint density at radius 2 is 1.84 bits per heavy atom. The van der Waals surface area contributed by atoms with Gasteiger partial charge in [0, 0.05) is 23.7 Å². The molecule has 5 rings (SSSR count). The van der Waals surface area contributed by atoms with Crippen molar-refractivity contribution >= 4 is 29.6 Å². The number of barbiturate groups is 1. The van der Waals surface area contributed by atoms with Crippen molar-refractivity contribution in [3.8, 4) is 17.2 Å². The summed E-state index contributed by atoms with van der Waals surface area (Å²) in [5.74, 6) is -0.522. The molecular weight excluding hydrogens is 412 g/mol. The fourth-order valence-corrected chi connectivity index (χ4v) is 3.89. The maximum atomic E-state index is 13.2. The van der Waals surface area contributed by atoms with Crippen molar-refractivity contribution in [1.82, 2.24) is 14.9 Å². The summed E-state index contributed by atoms with van der Waals surface area (Å²) in [6.45, 7) is 3.88. The number of nitrogens with one attached hydrogen (secondary N) is 1. The molecule has 3 aromatic rings.